The molecule has 0 bridgehead atoms. The lowest BCUT2D eigenvalue weighted by Gasteiger charge is -2.47. The number of thioether (sulfide) groups is 1. The van der Waals surface area contributed by atoms with Crippen LogP contribution in [0.1, 0.15) is 58.3 Å². The molecule has 0 saturated carbocycles. The van der Waals surface area contributed by atoms with Crippen molar-refractivity contribution in [2.24, 2.45) is 0 Å². The number of hydrogen-bond donors (Lipinski definition) is 14. The number of nitrogens with one attached hydrogen (secondary N) is 5. The molecule has 26 nitrogen and oxygen atoms in total. The number of fused-ring (bicyclic) bond motifs is 1. The van der Waals surface area contributed by atoms with Crippen LogP contribution in [0.3, 0.4) is 0 Å². The van der Waals surface area contributed by atoms with Crippen molar-refractivity contribution in [3.05, 3.63) is 0 Å². The van der Waals surface area contributed by atoms with Gasteiger partial charge in [-0.15, -0.1) is 0 Å². The van der Waals surface area contributed by atoms with Gasteiger partial charge in [0.15, 0.2) is 18.9 Å². The average Bonchev–Trinajstić information content (AvgIpc) is 3.84. The van der Waals surface area contributed by atoms with Crippen molar-refractivity contribution in [3.63, 3.8) is 0 Å². The summed E-state index contributed by atoms with van der Waals surface area (Å²) in [5, 5.41) is 102. The van der Waals surface area contributed by atoms with Gasteiger partial charge in [-0.25, -0.2) is 4.79 Å². The lowest BCUT2D eigenvalue weighted by molar-refractivity contribution is -0.354. The molecule has 0 spiro atoms. The van der Waals surface area contributed by atoms with Crippen LogP contribution < -0.4 is 26.9 Å². The fraction of sp³-hybridized carbons (Fsp3) is 0.895. The van der Waals surface area contributed by atoms with Crippen LogP contribution in [-0.4, -0.2) is 224 Å². The number of amides is 3. The van der Waals surface area contributed by atoms with E-state index in [-0.39, 0.29) is 50.7 Å². The van der Waals surface area contributed by atoms with Crippen molar-refractivity contribution >= 4 is 35.6 Å². The van der Waals surface area contributed by atoms with E-state index in [1.165, 1.54) is 6.92 Å². The van der Waals surface area contributed by atoms with Crippen molar-refractivity contribution in [1.29, 1.82) is 0 Å². The van der Waals surface area contributed by atoms with Gasteiger partial charge in [0.2, 0.25) is 5.91 Å². The second-order valence-electron chi connectivity index (χ2n) is 16.4. The Bertz CT molecular complexity index is 1510. The van der Waals surface area contributed by atoms with Crippen LogP contribution in [0, 0.1) is 0 Å². The topological polar surface area (TPSA) is 384 Å². The molecule has 5 aliphatic heterocycles. The van der Waals surface area contributed by atoms with Crippen molar-refractivity contribution in [1.82, 2.24) is 26.9 Å². The van der Waals surface area contributed by atoms with E-state index in [4.69, 9.17) is 38.1 Å². The first-order chi connectivity index (χ1) is 31.1. The fourth-order valence-electron chi connectivity index (χ4n) is 7.95. The summed E-state index contributed by atoms with van der Waals surface area (Å²) in [4.78, 5) is 58.1. The summed E-state index contributed by atoms with van der Waals surface area (Å²) in [7, 11) is 0. The highest BCUT2D eigenvalue weighted by molar-refractivity contribution is 8.00. The quantitative estimate of drug-likeness (QED) is 0.0230. The molecule has 0 aromatic heterocycles. The number of unbranched alkanes of at least 4 members (excludes halogenated alkanes) is 3. The largest absolute Gasteiger partial charge is 0.394 e. The van der Waals surface area contributed by atoms with E-state index in [0.717, 1.165) is 18.6 Å². The molecule has 5 rings (SSSR count). The second-order valence-corrected chi connectivity index (χ2v) is 17.6. The molecule has 5 saturated heterocycles. The van der Waals surface area contributed by atoms with Gasteiger partial charge in [0, 0.05) is 50.5 Å². The molecule has 5 aliphatic rings. The molecular weight excluding hydrogens is 894 g/mol. The van der Waals surface area contributed by atoms with Crippen molar-refractivity contribution in [2.45, 2.75) is 168 Å². The molecule has 27 heteroatoms. The van der Waals surface area contributed by atoms with E-state index in [9.17, 15) is 65.1 Å². The van der Waals surface area contributed by atoms with Gasteiger partial charge >= 0.3 is 18.0 Å². The Labute approximate surface area is 378 Å². The number of aliphatic hydroxyl groups is 9. The van der Waals surface area contributed by atoms with Gasteiger partial charge in [0.1, 0.15) is 73.2 Å². The summed E-state index contributed by atoms with van der Waals surface area (Å²) in [5.74, 6) is -0.672. The van der Waals surface area contributed by atoms with Crippen molar-refractivity contribution in [2.75, 3.05) is 45.3 Å². The summed E-state index contributed by atoms with van der Waals surface area (Å²) >= 11 is 1.82. The zero-order chi connectivity index (χ0) is 47.2. The van der Waals surface area contributed by atoms with E-state index in [1.54, 1.807) is 0 Å². The smallest absolute Gasteiger partial charge is 0.324 e. The van der Waals surface area contributed by atoms with Gasteiger partial charge in [-0.1, -0.05) is 12.8 Å². The molecule has 0 aromatic rings. The summed E-state index contributed by atoms with van der Waals surface area (Å²) < 4.78 is 34.0. The molecule has 5 heterocycles. The van der Waals surface area contributed by atoms with Crippen LogP contribution in [0.4, 0.5) is 4.79 Å². The van der Waals surface area contributed by atoms with Crippen LogP contribution in [0.25, 0.3) is 0 Å². The second kappa shape index (κ2) is 26.2. The molecule has 65 heavy (non-hydrogen) atoms. The molecule has 14 N–H and O–H groups in total. The predicted octanol–water partition coefficient (Wildman–Crippen LogP) is -6.02. The molecule has 0 aliphatic carbocycles. The zero-order valence-electron chi connectivity index (χ0n) is 35.8. The maximum Gasteiger partial charge on any atom is 0.324 e. The minimum Gasteiger partial charge on any atom is -0.394 e. The number of hydroxylamine groups is 2. The third kappa shape index (κ3) is 14.9. The number of rotatable bonds is 25. The number of carbonyl (C=O) groups is 4. The first kappa shape index (κ1) is 53.3. The van der Waals surface area contributed by atoms with Crippen LogP contribution in [0.5, 0.6) is 0 Å². The highest BCUT2D eigenvalue weighted by Gasteiger charge is 2.52. The minimum absolute atomic E-state index is 0.0159. The molecule has 374 valence electrons. The Morgan fingerprint density at radius 3 is 1.92 bits per heavy atom. The van der Waals surface area contributed by atoms with Gasteiger partial charge in [-0.3, -0.25) is 14.4 Å². The molecule has 18 atom stereocenters. The van der Waals surface area contributed by atoms with Crippen molar-refractivity contribution < 1.29 is 103 Å². The molecular formula is C38H65N5O21S. The Morgan fingerprint density at radius 2 is 1.28 bits per heavy atom. The maximum absolute atomic E-state index is 12.3. The fourth-order valence-corrected chi connectivity index (χ4v) is 9.49. The van der Waals surface area contributed by atoms with Gasteiger partial charge in [-0.05, 0) is 25.7 Å². The molecule has 0 aromatic carbocycles. The van der Waals surface area contributed by atoms with Gasteiger partial charge in [0.25, 0.3) is 0 Å². The Kier molecular flexibility index (Phi) is 21.5. The highest BCUT2D eigenvalue weighted by Crippen LogP contribution is 2.34. The number of hydrogen-bond acceptors (Lipinski definition) is 24. The van der Waals surface area contributed by atoms with E-state index < -0.39 is 130 Å². The maximum atomic E-state index is 12.3. The van der Waals surface area contributed by atoms with Crippen LogP contribution in [0.15, 0.2) is 0 Å². The molecule has 3 amide bonds. The number of carbonyl (C=O) groups excluding carboxylic acids is 4. The van der Waals surface area contributed by atoms with Gasteiger partial charge in [0.05, 0.1) is 31.9 Å². The molecule has 0 unspecified atom stereocenters. The summed E-state index contributed by atoms with van der Waals surface area (Å²) in [5.41, 5.74) is 5.03. The van der Waals surface area contributed by atoms with Crippen LogP contribution in [-0.2, 0) is 52.5 Å². The Balaban J connectivity index is 0.982. The Morgan fingerprint density at radius 1 is 0.692 bits per heavy atom. The highest BCUT2D eigenvalue weighted by atomic mass is 32.2. The van der Waals surface area contributed by atoms with E-state index in [1.807, 2.05) is 11.8 Å². The number of aliphatic hydroxyl groups excluding tert-OH is 9. The molecule has 5 fully saturated rings. The van der Waals surface area contributed by atoms with Gasteiger partial charge in [-0.2, -0.15) is 22.7 Å². The normalized spacial score (nSPS) is 38.1. The SMILES string of the molecule is CC(=O)N[C@H]1[C@H](OCCCCCC(=O)ONCCNOC(=O)CCCC[C@@H]2SC[C@@H]3NC(=O)N[C@@H]32)O[C@H](CO)[C@H](O)[C@@H]1O[C@H]1O[C@H](CO[C@@H]2O[C@H](CO)[C@H](O)[C@H](O)[C@H]2O)[C@H](O)[C@H](O)[C@H]1O. The minimum atomic E-state index is -1.93. The first-order valence-corrected chi connectivity index (χ1v) is 22.8. The summed E-state index contributed by atoms with van der Waals surface area (Å²) in [6, 6.07) is -1.13. The lowest BCUT2D eigenvalue weighted by Crippen LogP contribution is -2.68. The predicted molar refractivity (Wildman–Crippen MR) is 217 cm³/mol. The summed E-state index contributed by atoms with van der Waals surface area (Å²) in [6.07, 6.45) is -19.0. The average molecular weight is 960 g/mol. The third-order valence-corrected chi connectivity index (χ3v) is 13.0. The van der Waals surface area contributed by atoms with E-state index in [2.05, 4.69) is 26.9 Å². The third-order valence-electron chi connectivity index (χ3n) is 11.5. The zero-order valence-corrected chi connectivity index (χ0v) is 36.6. The van der Waals surface area contributed by atoms with Crippen LogP contribution >= 0.6 is 11.8 Å². The first-order valence-electron chi connectivity index (χ1n) is 21.8. The number of urea groups is 1. The standard InChI is InChI=1S/C38H65N5O21S/c1-17(46)41-26-34(62-37-33(55)31(53)28(50)21(61-37)15-58-36-32(54)30(52)27(49)19(13-44)60-36)29(51)20(14-45)59-35(26)57-12-6-2-3-8-23(47)63-39-10-11-40-64-24(48)9-5-4-7-22-25-18(16-65-22)42-38(56)43-25/h18-22,25-37,39-40,44-45,49-55H,2-16H2,1H3,(H,41,46)(H2,42,43,56)/t18-,19+,20+,21+,22-,25-,26+,27-,28-,29-,30-,31-,32+,33+,34+,35+,36+,37+/m0/s1. The lowest BCUT2D eigenvalue weighted by atomic mass is 9.95. The van der Waals surface area contributed by atoms with E-state index >= 15 is 0 Å². The molecule has 0 radical (unpaired) electrons. The van der Waals surface area contributed by atoms with Gasteiger partial charge < -0.3 is 100 Å². The van der Waals surface area contributed by atoms with Crippen LogP contribution in [0.2, 0.25) is 0 Å². The van der Waals surface area contributed by atoms with E-state index in [0.29, 0.717) is 30.9 Å². The Hall–Kier alpha value is -2.65. The number of ether oxygens (including phenoxy) is 6. The summed E-state index contributed by atoms with van der Waals surface area (Å²) in [6.45, 7) is -0.601. The monoisotopic (exact) mass is 959 g/mol. The van der Waals surface area contributed by atoms with Crippen molar-refractivity contribution in [3.8, 4) is 0 Å².